The molecule has 0 unspecified atom stereocenters. The highest BCUT2D eigenvalue weighted by atomic mass is 16.6. The molecule has 1 aromatic heterocycles. The number of phenols is 1. The average molecular weight is 390 g/mol. The maximum absolute atomic E-state index is 12.8. The molecule has 0 saturated heterocycles. The van der Waals surface area contributed by atoms with Crippen LogP contribution in [0.1, 0.15) is 23.6 Å². The molecule has 0 spiro atoms. The molecule has 0 aliphatic carbocycles. The normalized spacial score (nSPS) is 11.1. The number of amides is 1. The van der Waals surface area contributed by atoms with Gasteiger partial charge in [0.15, 0.2) is 11.5 Å². The number of rotatable bonds is 8. The standard InChI is InChI=1S/C23H22N2O4/c1-2-28-22-14-17(10-11-21(22)26)13-20(19-8-4-3-5-9-19)23(27)25-29-16-18-7-6-12-24-15-18/h3-15,26H,2,16H2,1H3,(H,25,27)/b20-13+. The number of nitrogens with zero attached hydrogens (tertiary/aromatic N) is 1. The Morgan fingerprint density at radius 2 is 1.97 bits per heavy atom. The number of pyridine rings is 1. The fourth-order valence-electron chi connectivity index (χ4n) is 2.68. The Balaban J connectivity index is 1.82. The minimum Gasteiger partial charge on any atom is -0.504 e. The SMILES string of the molecule is CCOc1cc(/C=C(/C(=O)NOCc2cccnc2)c2ccccc2)ccc1O. The van der Waals surface area contributed by atoms with E-state index in [9.17, 15) is 9.90 Å². The zero-order chi connectivity index (χ0) is 20.5. The van der Waals surface area contributed by atoms with Crippen LogP contribution in [0.25, 0.3) is 11.6 Å². The predicted molar refractivity (Wildman–Crippen MR) is 111 cm³/mol. The first-order valence-corrected chi connectivity index (χ1v) is 9.21. The summed E-state index contributed by atoms with van der Waals surface area (Å²) < 4.78 is 5.43. The van der Waals surface area contributed by atoms with Gasteiger partial charge in [0.2, 0.25) is 0 Å². The maximum Gasteiger partial charge on any atom is 0.275 e. The molecule has 0 aliphatic heterocycles. The summed E-state index contributed by atoms with van der Waals surface area (Å²) in [6, 6.07) is 17.9. The molecular weight excluding hydrogens is 368 g/mol. The quantitative estimate of drug-likeness (QED) is 0.346. The molecule has 1 heterocycles. The second-order valence-electron chi connectivity index (χ2n) is 6.17. The molecule has 148 valence electrons. The Morgan fingerprint density at radius 3 is 2.69 bits per heavy atom. The minimum atomic E-state index is -0.383. The van der Waals surface area contributed by atoms with E-state index in [-0.39, 0.29) is 18.3 Å². The summed E-state index contributed by atoms with van der Waals surface area (Å²) >= 11 is 0. The smallest absolute Gasteiger partial charge is 0.275 e. The van der Waals surface area contributed by atoms with Crippen molar-refractivity contribution in [2.75, 3.05) is 6.61 Å². The highest BCUT2D eigenvalue weighted by Gasteiger charge is 2.13. The zero-order valence-electron chi connectivity index (χ0n) is 16.0. The molecule has 29 heavy (non-hydrogen) atoms. The van der Waals surface area contributed by atoms with Crippen molar-refractivity contribution in [1.82, 2.24) is 10.5 Å². The van der Waals surface area contributed by atoms with Crippen molar-refractivity contribution in [2.24, 2.45) is 0 Å². The van der Waals surface area contributed by atoms with Gasteiger partial charge in [-0.2, -0.15) is 0 Å². The molecule has 2 N–H and O–H groups in total. The summed E-state index contributed by atoms with van der Waals surface area (Å²) in [5.74, 6) is 0.0301. The Bertz CT molecular complexity index is 973. The second-order valence-corrected chi connectivity index (χ2v) is 6.17. The monoisotopic (exact) mass is 390 g/mol. The van der Waals surface area contributed by atoms with Gasteiger partial charge in [-0.25, -0.2) is 5.48 Å². The largest absolute Gasteiger partial charge is 0.504 e. The molecule has 3 rings (SSSR count). The lowest BCUT2D eigenvalue weighted by atomic mass is 10.0. The number of benzene rings is 2. The van der Waals surface area contributed by atoms with Gasteiger partial charge < -0.3 is 9.84 Å². The van der Waals surface area contributed by atoms with Crippen LogP contribution in [0.5, 0.6) is 11.5 Å². The number of hydrogen-bond acceptors (Lipinski definition) is 5. The molecule has 6 heteroatoms. The first-order valence-electron chi connectivity index (χ1n) is 9.21. The van der Waals surface area contributed by atoms with Crippen molar-refractivity contribution in [1.29, 1.82) is 0 Å². The van der Waals surface area contributed by atoms with Crippen molar-refractivity contribution < 1.29 is 19.5 Å². The third-order valence-corrected chi connectivity index (χ3v) is 4.05. The number of aromatic hydroxyl groups is 1. The van der Waals surface area contributed by atoms with Crippen LogP contribution >= 0.6 is 0 Å². The van der Waals surface area contributed by atoms with E-state index in [4.69, 9.17) is 9.57 Å². The summed E-state index contributed by atoms with van der Waals surface area (Å²) in [5, 5.41) is 9.90. The van der Waals surface area contributed by atoms with Gasteiger partial charge in [0.1, 0.15) is 6.61 Å². The van der Waals surface area contributed by atoms with E-state index in [1.165, 1.54) is 6.07 Å². The first kappa shape index (κ1) is 20.1. The van der Waals surface area contributed by atoms with Gasteiger partial charge in [0, 0.05) is 18.0 Å². The Kier molecular flexibility index (Phi) is 6.97. The number of nitrogens with one attached hydrogen (secondary N) is 1. The van der Waals surface area contributed by atoms with Crippen molar-refractivity contribution in [3.8, 4) is 11.5 Å². The summed E-state index contributed by atoms with van der Waals surface area (Å²) in [6.07, 6.45) is 5.07. The van der Waals surface area contributed by atoms with Gasteiger partial charge in [0.25, 0.3) is 5.91 Å². The molecule has 0 aliphatic rings. The van der Waals surface area contributed by atoms with Gasteiger partial charge in [-0.1, -0.05) is 42.5 Å². The highest BCUT2D eigenvalue weighted by Crippen LogP contribution is 2.29. The molecule has 0 fully saturated rings. The Labute approximate surface area is 169 Å². The molecule has 0 atom stereocenters. The number of hydroxylamine groups is 1. The van der Waals surface area contributed by atoms with Crippen LogP contribution < -0.4 is 10.2 Å². The van der Waals surface area contributed by atoms with E-state index in [1.54, 1.807) is 36.7 Å². The third-order valence-electron chi connectivity index (χ3n) is 4.05. The molecule has 0 saturated carbocycles. The first-order chi connectivity index (χ1) is 14.2. The molecule has 3 aromatic rings. The van der Waals surface area contributed by atoms with Crippen LogP contribution in [-0.4, -0.2) is 22.6 Å². The summed E-state index contributed by atoms with van der Waals surface area (Å²) in [6.45, 7) is 2.47. The molecule has 6 nitrogen and oxygen atoms in total. The molecule has 1 amide bonds. The van der Waals surface area contributed by atoms with E-state index < -0.39 is 0 Å². The lowest BCUT2D eigenvalue weighted by Gasteiger charge is -2.11. The van der Waals surface area contributed by atoms with E-state index in [0.717, 1.165) is 11.1 Å². The van der Waals surface area contributed by atoms with E-state index in [1.807, 2.05) is 43.3 Å². The fourth-order valence-corrected chi connectivity index (χ4v) is 2.68. The van der Waals surface area contributed by atoms with Crippen LogP contribution in [-0.2, 0) is 16.2 Å². The predicted octanol–water partition coefficient (Wildman–Crippen LogP) is 3.97. The molecule has 2 aromatic carbocycles. The van der Waals surface area contributed by atoms with Gasteiger partial charge in [-0.05, 0) is 47.9 Å². The number of carbonyl (C=O) groups is 1. The number of ether oxygens (including phenoxy) is 1. The molecular formula is C23H22N2O4. The number of aromatic nitrogens is 1. The summed E-state index contributed by atoms with van der Waals surface area (Å²) in [7, 11) is 0. The third kappa shape index (κ3) is 5.67. The van der Waals surface area contributed by atoms with E-state index >= 15 is 0 Å². The molecule has 0 bridgehead atoms. The van der Waals surface area contributed by atoms with Gasteiger partial charge in [-0.15, -0.1) is 0 Å². The van der Waals surface area contributed by atoms with Crippen molar-refractivity contribution >= 4 is 17.6 Å². The van der Waals surface area contributed by atoms with Crippen molar-refractivity contribution in [3.63, 3.8) is 0 Å². The van der Waals surface area contributed by atoms with Gasteiger partial charge in [0.05, 0.1) is 6.61 Å². The van der Waals surface area contributed by atoms with Gasteiger partial charge >= 0.3 is 0 Å². The average Bonchev–Trinajstić information content (AvgIpc) is 2.75. The lowest BCUT2D eigenvalue weighted by molar-refractivity contribution is -0.128. The number of phenolic OH excluding ortho intramolecular Hbond substituents is 1. The maximum atomic E-state index is 12.8. The van der Waals surface area contributed by atoms with Crippen LogP contribution in [0, 0.1) is 0 Å². The zero-order valence-corrected chi connectivity index (χ0v) is 16.0. The summed E-state index contributed by atoms with van der Waals surface area (Å²) in [5.41, 5.74) is 5.20. The van der Waals surface area contributed by atoms with E-state index in [0.29, 0.717) is 23.5 Å². The molecule has 0 radical (unpaired) electrons. The minimum absolute atomic E-state index is 0.0505. The van der Waals surface area contributed by atoms with Crippen LogP contribution in [0.15, 0.2) is 73.1 Å². The van der Waals surface area contributed by atoms with E-state index in [2.05, 4.69) is 10.5 Å². The Hall–Kier alpha value is -3.64. The van der Waals surface area contributed by atoms with Gasteiger partial charge in [-0.3, -0.25) is 14.6 Å². The number of carbonyl (C=O) groups excluding carboxylic acids is 1. The topological polar surface area (TPSA) is 80.7 Å². The van der Waals surface area contributed by atoms with Crippen LogP contribution in [0.2, 0.25) is 0 Å². The van der Waals surface area contributed by atoms with Crippen LogP contribution in [0.4, 0.5) is 0 Å². The highest BCUT2D eigenvalue weighted by molar-refractivity contribution is 6.23. The second kappa shape index (κ2) is 10.1. The van der Waals surface area contributed by atoms with Crippen LogP contribution in [0.3, 0.4) is 0 Å². The lowest BCUT2D eigenvalue weighted by Crippen LogP contribution is -2.24. The van der Waals surface area contributed by atoms with Crippen molar-refractivity contribution in [2.45, 2.75) is 13.5 Å². The Morgan fingerprint density at radius 1 is 1.14 bits per heavy atom. The van der Waals surface area contributed by atoms with Crippen molar-refractivity contribution in [3.05, 3.63) is 89.7 Å². The summed E-state index contributed by atoms with van der Waals surface area (Å²) in [4.78, 5) is 22.2. The fraction of sp³-hybridized carbons (Fsp3) is 0.130. The number of hydrogen-bond donors (Lipinski definition) is 2.